The lowest BCUT2D eigenvalue weighted by Crippen LogP contribution is -1.74. The van der Waals surface area contributed by atoms with Crippen LogP contribution in [0, 0.1) is 0 Å². The normalized spacial score (nSPS) is 10.5. The number of nitrogens with two attached hydrogens (primary N) is 1. The molecule has 1 aromatic rings. The Balaban J connectivity index is 2.77. The van der Waals surface area contributed by atoms with Crippen molar-refractivity contribution in [1.82, 2.24) is 4.98 Å². The van der Waals surface area contributed by atoms with Crippen LogP contribution in [0.25, 0.3) is 6.08 Å². The van der Waals surface area contributed by atoms with Crippen molar-refractivity contribution in [2.45, 2.75) is 0 Å². The molecule has 0 radical (unpaired) electrons. The fourth-order valence-corrected chi connectivity index (χ4v) is 0.939. The molecular formula is C5H6N2S. The average Bonchev–Trinajstić information content (AvgIpc) is 2.19. The molecule has 0 bridgehead atoms. The Morgan fingerprint density at radius 1 is 1.75 bits per heavy atom. The van der Waals surface area contributed by atoms with Gasteiger partial charge in [-0.1, -0.05) is 0 Å². The third-order valence-corrected chi connectivity index (χ3v) is 1.43. The molecule has 42 valence electrons. The highest BCUT2D eigenvalue weighted by Gasteiger charge is 1.82. The Kier molecular flexibility index (Phi) is 1.64. The van der Waals surface area contributed by atoms with E-state index in [-0.39, 0.29) is 0 Å². The van der Waals surface area contributed by atoms with Crippen LogP contribution in [0.2, 0.25) is 0 Å². The molecule has 0 unspecified atom stereocenters. The summed E-state index contributed by atoms with van der Waals surface area (Å²) in [7, 11) is 0. The standard InChI is InChI=1S/C5H6N2S/c6-2-1-5-7-3-4-8-5/h1-4H,6H2/b2-1+. The molecular weight excluding hydrogens is 120 g/mol. The van der Waals surface area contributed by atoms with E-state index in [1.165, 1.54) is 6.20 Å². The van der Waals surface area contributed by atoms with Crippen LogP contribution in [0.1, 0.15) is 5.01 Å². The fourth-order valence-electron chi connectivity index (χ4n) is 0.399. The predicted octanol–water partition coefficient (Wildman–Crippen LogP) is 1.07. The van der Waals surface area contributed by atoms with E-state index < -0.39 is 0 Å². The molecule has 0 aliphatic rings. The zero-order chi connectivity index (χ0) is 5.82. The molecule has 1 rings (SSSR count). The monoisotopic (exact) mass is 126 g/mol. The van der Waals surface area contributed by atoms with Crippen molar-refractivity contribution in [3.63, 3.8) is 0 Å². The summed E-state index contributed by atoms with van der Waals surface area (Å²) in [5.74, 6) is 0. The van der Waals surface area contributed by atoms with Crippen molar-refractivity contribution in [2.75, 3.05) is 0 Å². The molecule has 0 aliphatic heterocycles. The van der Waals surface area contributed by atoms with Gasteiger partial charge in [-0.25, -0.2) is 4.98 Å². The highest BCUT2D eigenvalue weighted by Crippen LogP contribution is 2.03. The predicted molar refractivity (Wildman–Crippen MR) is 35.3 cm³/mol. The van der Waals surface area contributed by atoms with Crippen LogP contribution < -0.4 is 5.73 Å². The lowest BCUT2D eigenvalue weighted by molar-refractivity contribution is 1.39. The molecule has 0 fully saturated rings. The van der Waals surface area contributed by atoms with E-state index in [4.69, 9.17) is 5.73 Å². The number of thiazole rings is 1. The first-order valence-corrected chi connectivity index (χ1v) is 3.09. The highest BCUT2D eigenvalue weighted by molar-refractivity contribution is 7.10. The molecule has 0 aliphatic carbocycles. The summed E-state index contributed by atoms with van der Waals surface area (Å²) in [5.41, 5.74) is 5.11. The van der Waals surface area contributed by atoms with E-state index in [0.717, 1.165) is 5.01 Å². The summed E-state index contributed by atoms with van der Waals surface area (Å²) in [6, 6.07) is 0. The first kappa shape index (κ1) is 5.31. The van der Waals surface area contributed by atoms with Gasteiger partial charge >= 0.3 is 0 Å². The first-order chi connectivity index (χ1) is 3.93. The molecule has 2 N–H and O–H groups in total. The molecule has 1 heterocycles. The van der Waals surface area contributed by atoms with Crippen LogP contribution in [0.3, 0.4) is 0 Å². The van der Waals surface area contributed by atoms with Crippen LogP contribution in [-0.2, 0) is 0 Å². The van der Waals surface area contributed by atoms with Crippen molar-refractivity contribution >= 4 is 17.4 Å². The average molecular weight is 126 g/mol. The van der Waals surface area contributed by atoms with Gasteiger partial charge in [-0.15, -0.1) is 11.3 Å². The molecule has 8 heavy (non-hydrogen) atoms. The second kappa shape index (κ2) is 2.47. The summed E-state index contributed by atoms with van der Waals surface area (Å²) in [6.07, 6.45) is 5.00. The van der Waals surface area contributed by atoms with Gasteiger partial charge in [0.1, 0.15) is 5.01 Å². The van der Waals surface area contributed by atoms with Gasteiger partial charge < -0.3 is 5.73 Å². The Morgan fingerprint density at radius 2 is 2.62 bits per heavy atom. The van der Waals surface area contributed by atoms with Crippen LogP contribution >= 0.6 is 11.3 Å². The maximum absolute atomic E-state index is 5.11. The number of hydrogen-bond donors (Lipinski definition) is 1. The second-order valence-corrected chi connectivity index (χ2v) is 2.16. The van der Waals surface area contributed by atoms with Gasteiger partial charge in [0, 0.05) is 11.6 Å². The van der Waals surface area contributed by atoms with E-state index in [1.54, 1.807) is 23.6 Å². The van der Waals surface area contributed by atoms with Gasteiger partial charge in [-0.05, 0) is 12.3 Å². The third-order valence-electron chi connectivity index (χ3n) is 0.690. The molecule has 0 saturated carbocycles. The zero-order valence-electron chi connectivity index (χ0n) is 4.24. The molecule has 0 amide bonds. The van der Waals surface area contributed by atoms with E-state index in [2.05, 4.69) is 4.98 Å². The summed E-state index contributed by atoms with van der Waals surface area (Å²) in [6.45, 7) is 0. The Bertz CT molecular complexity index is 167. The minimum Gasteiger partial charge on any atom is -0.405 e. The van der Waals surface area contributed by atoms with E-state index >= 15 is 0 Å². The first-order valence-electron chi connectivity index (χ1n) is 2.21. The summed E-state index contributed by atoms with van der Waals surface area (Å²) >= 11 is 1.57. The smallest absolute Gasteiger partial charge is 0.117 e. The maximum Gasteiger partial charge on any atom is 0.117 e. The lowest BCUT2D eigenvalue weighted by Gasteiger charge is -1.74. The number of hydrogen-bond acceptors (Lipinski definition) is 3. The van der Waals surface area contributed by atoms with Gasteiger partial charge in [0.2, 0.25) is 0 Å². The third kappa shape index (κ3) is 1.07. The van der Waals surface area contributed by atoms with Crippen LogP contribution in [0.5, 0.6) is 0 Å². The minimum atomic E-state index is 0.951. The number of aromatic nitrogens is 1. The molecule has 2 nitrogen and oxygen atoms in total. The van der Waals surface area contributed by atoms with Crippen LogP contribution in [0.15, 0.2) is 17.8 Å². The van der Waals surface area contributed by atoms with Crippen molar-refractivity contribution in [3.8, 4) is 0 Å². The summed E-state index contributed by atoms with van der Waals surface area (Å²) in [4.78, 5) is 3.96. The molecule has 0 aromatic carbocycles. The van der Waals surface area contributed by atoms with E-state index in [1.807, 2.05) is 5.38 Å². The highest BCUT2D eigenvalue weighted by atomic mass is 32.1. The van der Waals surface area contributed by atoms with Gasteiger partial charge in [0.05, 0.1) is 0 Å². The van der Waals surface area contributed by atoms with Crippen molar-refractivity contribution in [3.05, 3.63) is 22.8 Å². The van der Waals surface area contributed by atoms with Gasteiger partial charge in [-0.3, -0.25) is 0 Å². The molecule has 0 spiro atoms. The molecule has 0 saturated heterocycles. The van der Waals surface area contributed by atoms with Gasteiger partial charge in [-0.2, -0.15) is 0 Å². The summed E-state index contributed by atoms with van der Waals surface area (Å²) in [5, 5.41) is 2.86. The second-order valence-electron chi connectivity index (χ2n) is 1.23. The molecule has 3 heteroatoms. The fraction of sp³-hybridized carbons (Fsp3) is 0. The Morgan fingerprint density at radius 3 is 3.12 bits per heavy atom. The van der Waals surface area contributed by atoms with Crippen LogP contribution in [-0.4, -0.2) is 4.98 Å². The Labute approximate surface area is 51.7 Å². The van der Waals surface area contributed by atoms with Gasteiger partial charge in [0.15, 0.2) is 0 Å². The quantitative estimate of drug-likeness (QED) is 0.611. The minimum absolute atomic E-state index is 0.951. The van der Waals surface area contributed by atoms with Gasteiger partial charge in [0.25, 0.3) is 0 Å². The van der Waals surface area contributed by atoms with Crippen molar-refractivity contribution in [1.29, 1.82) is 0 Å². The number of nitrogens with zero attached hydrogens (tertiary/aromatic N) is 1. The van der Waals surface area contributed by atoms with Crippen molar-refractivity contribution in [2.24, 2.45) is 5.73 Å². The lowest BCUT2D eigenvalue weighted by atomic mass is 10.6. The summed E-state index contributed by atoms with van der Waals surface area (Å²) < 4.78 is 0. The number of rotatable bonds is 1. The maximum atomic E-state index is 5.11. The zero-order valence-corrected chi connectivity index (χ0v) is 5.06. The SMILES string of the molecule is N/C=C/c1nccs1. The topological polar surface area (TPSA) is 38.9 Å². The van der Waals surface area contributed by atoms with Crippen molar-refractivity contribution < 1.29 is 0 Å². The van der Waals surface area contributed by atoms with E-state index in [0.29, 0.717) is 0 Å². The molecule has 1 aromatic heterocycles. The van der Waals surface area contributed by atoms with E-state index in [9.17, 15) is 0 Å². The molecule has 0 atom stereocenters. The van der Waals surface area contributed by atoms with Crippen LogP contribution in [0.4, 0.5) is 0 Å². The Hall–Kier alpha value is -0.830. The largest absolute Gasteiger partial charge is 0.405 e.